The molecular weight excluding hydrogens is 125 g/mol. The molecule has 0 rings (SSSR count). The lowest BCUT2D eigenvalue weighted by Crippen LogP contribution is -2.30. The average molecular weight is 137 g/mol. The fraction of sp³-hybridized carbons (Fsp3) is 1.00. The number of alkyl halides is 1. The zero-order valence-corrected chi connectivity index (χ0v) is 5.22. The summed E-state index contributed by atoms with van der Waals surface area (Å²) in [6.07, 6.45) is 0. The molecule has 0 aliphatic carbocycles. The first-order valence-corrected chi connectivity index (χ1v) is 2.81. The van der Waals surface area contributed by atoms with Crippen molar-refractivity contribution in [1.82, 2.24) is 0 Å². The largest absolute Gasteiger partial charge is 0.395 e. The highest BCUT2D eigenvalue weighted by Crippen LogP contribution is 1.80. The van der Waals surface area contributed by atoms with Gasteiger partial charge in [-0.15, -0.1) is 0 Å². The lowest BCUT2D eigenvalue weighted by molar-refractivity contribution is 0.0906. The Morgan fingerprint density at radius 3 is 2.78 bits per heavy atom. The minimum atomic E-state index is -0.502. The van der Waals surface area contributed by atoms with E-state index in [-0.39, 0.29) is 25.9 Å². The average Bonchev–Trinajstić information content (AvgIpc) is 1.89. The Bertz CT molecular complexity index is 62.9. The zero-order valence-electron chi connectivity index (χ0n) is 5.22. The molecule has 1 unspecified atom stereocenters. The van der Waals surface area contributed by atoms with E-state index in [1.807, 2.05) is 0 Å². The monoisotopic (exact) mass is 137 g/mol. The smallest absolute Gasteiger partial charge is 0.113 e. The molecule has 3 nitrogen and oxygen atoms in total. The van der Waals surface area contributed by atoms with Crippen LogP contribution in [0.25, 0.3) is 0 Å². The van der Waals surface area contributed by atoms with Gasteiger partial charge in [0.15, 0.2) is 0 Å². The summed E-state index contributed by atoms with van der Waals surface area (Å²) in [7, 11) is 0. The van der Waals surface area contributed by atoms with Crippen LogP contribution in [-0.4, -0.2) is 37.6 Å². The van der Waals surface area contributed by atoms with Gasteiger partial charge in [-0.2, -0.15) is 0 Å². The van der Waals surface area contributed by atoms with E-state index < -0.39 is 6.67 Å². The summed E-state index contributed by atoms with van der Waals surface area (Å²) in [5, 5.41) is 8.34. The molecule has 0 aliphatic heterocycles. The van der Waals surface area contributed by atoms with Crippen molar-refractivity contribution in [1.29, 1.82) is 0 Å². The molecule has 56 valence electrons. The van der Waals surface area contributed by atoms with Gasteiger partial charge in [0.25, 0.3) is 0 Å². The van der Waals surface area contributed by atoms with Gasteiger partial charge in [0, 0.05) is 0 Å². The van der Waals surface area contributed by atoms with E-state index in [0.29, 0.717) is 0 Å². The summed E-state index contributed by atoms with van der Waals surface area (Å²) in [6, 6.07) is -0.378. The third-order valence-electron chi connectivity index (χ3n) is 0.788. The predicted octanol–water partition coefficient (Wildman–Crippen LogP) is -0.708. The maximum atomic E-state index is 11.3. The minimum Gasteiger partial charge on any atom is -0.395 e. The molecule has 4 heteroatoms. The molecule has 0 heterocycles. The number of nitrogens with two attached hydrogens (primary N) is 1. The van der Waals surface area contributed by atoms with E-state index >= 15 is 0 Å². The molecule has 0 aromatic carbocycles. The number of rotatable bonds is 5. The molecule has 0 aromatic heterocycles. The van der Waals surface area contributed by atoms with Crippen molar-refractivity contribution in [2.24, 2.45) is 5.73 Å². The fourth-order valence-corrected chi connectivity index (χ4v) is 0.342. The minimum absolute atomic E-state index is 0.0632. The summed E-state index contributed by atoms with van der Waals surface area (Å²) in [6.45, 7) is -0.335. The molecule has 0 fully saturated rings. The molecule has 0 aromatic rings. The van der Waals surface area contributed by atoms with E-state index in [1.54, 1.807) is 0 Å². The number of hydrogen-bond donors (Lipinski definition) is 2. The van der Waals surface area contributed by atoms with Crippen LogP contribution in [0.5, 0.6) is 0 Å². The Balaban J connectivity index is 2.88. The molecule has 0 spiro atoms. The fourth-order valence-electron chi connectivity index (χ4n) is 0.342. The Morgan fingerprint density at radius 2 is 2.33 bits per heavy atom. The van der Waals surface area contributed by atoms with Gasteiger partial charge in [-0.1, -0.05) is 0 Å². The third-order valence-corrected chi connectivity index (χ3v) is 0.788. The number of halogens is 1. The topological polar surface area (TPSA) is 55.5 Å². The van der Waals surface area contributed by atoms with Crippen molar-refractivity contribution >= 4 is 0 Å². The molecule has 1 atom stereocenters. The predicted molar refractivity (Wildman–Crippen MR) is 31.9 cm³/mol. The van der Waals surface area contributed by atoms with Crippen molar-refractivity contribution in [3.05, 3.63) is 0 Å². The number of aliphatic hydroxyl groups is 1. The van der Waals surface area contributed by atoms with Gasteiger partial charge in [0.1, 0.15) is 6.67 Å². The van der Waals surface area contributed by atoms with Crippen LogP contribution >= 0.6 is 0 Å². The molecule has 0 bridgehead atoms. The van der Waals surface area contributed by atoms with Gasteiger partial charge in [-0.05, 0) is 0 Å². The van der Waals surface area contributed by atoms with E-state index in [1.165, 1.54) is 0 Å². The third kappa shape index (κ3) is 5.68. The molecule has 9 heavy (non-hydrogen) atoms. The quantitative estimate of drug-likeness (QED) is 0.492. The Labute approximate surface area is 53.6 Å². The summed E-state index contributed by atoms with van der Waals surface area (Å²) >= 11 is 0. The number of hydrogen-bond acceptors (Lipinski definition) is 3. The summed E-state index contributed by atoms with van der Waals surface area (Å²) in [5.74, 6) is 0. The van der Waals surface area contributed by atoms with Gasteiger partial charge in [0.05, 0.1) is 25.9 Å². The van der Waals surface area contributed by atoms with Crippen molar-refractivity contribution in [3.63, 3.8) is 0 Å². The van der Waals surface area contributed by atoms with Crippen LogP contribution in [0.2, 0.25) is 0 Å². The summed E-state index contributed by atoms with van der Waals surface area (Å²) in [4.78, 5) is 0. The van der Waals surface area contributed by atoms with Crippen LogP contribution in [-0.2, 0) is 4.74 Å². The van der Waals surface area contributed by atoms with Gasteiger partial charge < -0.3 is 15.6 Å². The summed E-state index contributed by atoms with van der Waals surface area (Å²) < 4.78 is 16.0. The summed E-state index contributed by atoms with van der Waals surface area (Å²) in [5.41, 5.74) is 5.22. The van der Waals surface area contributed by atoms with Gasteiger partial charge >= 0.3 is 0 Å². The first-order valence-electron chi connectivity index (χ1n) is 2.81. The van der Waals surface area contributed by atoms with Crippen LogP contribution in [0.1, 0.15) is 0 Å². The van der Waals surface area contributed by atoms with Crippen molar-refractivity contribution in [3.8, 4) is 0 Å². The van der Waals surface area contributed by atoms with Crippen LogP contribution in [0.4, 0.5) is 4.39 Å². The lowest BCUT2D eigenvalue weighted by Gasteiger charge is -2.06. The second-order valence-electron chi connectivity index (χ2n) is 1.71. The second-order valence-corrected chi connectivity index (χ2v) is 1.71. The van der Waals surface area contributed by atoms with Crippen LogP contribution in [0, 0.1) is 0 Å². The normalized spacial score (nSPS) is 13.7. The molecular formula is C5H12FNO2. The Kier molecular flexibility index (Phi) is 5.81. The van der Waals surface area contributed by atoms with Gasteiger partial charge in [0.2, 0.25) is 0 Å². The highest BCUT2D eigenvalue weighted by atomic mass is 19.1. The second kappa shape index (κ2) is 5.94. The van der Waals surface area contributed by atoms with E-state index in [0.717, 1.165) is 0 Å². The number of ether oxygens (including phenoxy) is 1. The zero-order chi connectivity index (χ0) is 7.11. The molecule has 0 radical (unpaired) electrons. The van der Waals surface area contributed by atoms with Crippen molar-refractivity contribution in [2.45, 2.75) is 6.04 Å². The highest BCUT2D eigenvalue weighted by molar-refractivity contribution is 4.55. The molecule has 0 aliphatic rings. The molecule has 0 amide bonds. The van der Waals surface area contributed by atoms with Gasteiger partial charge in [-0.25, -0.2) is 4.39 Å². The van der Waals surface area contributed by atoms with E-state index in [4.69, 9.17) is 10.8 Å². The first-order chi connectivity index (χ1) is 4.31. The lowest BCUT2D eigenvalue weighted by atomic mass is 10.4. The molecule has 0 saturated heterocycles. The van der Waals surface area contributed by atoms with Crippen LogP contribution in [0.15, 0.2) is 0 Å². The van der Waals surface area contributed by atoms with Crippen molar-refractivity contribution < 1.29 is 14.2 Å². The molecule has 3 N–H and O–H groups in total. The Hall–Kier alpha value is -0.190. The standard InChI is InChI=1S/C5H12FNO2/c6-1-2-9-4-5(7)3-8/h5,8H,1-4,7H2. The first kappa shape index (κ1) is 8.81. The number of aliphatic hydroxyl groups excluding tert-OH is 1. The van der Waals surface area contributed by atoms with Crippen LogP contribution < -0.4 is 5.73 Å². The van der Waals surface area contributed by atoms with Gasteiger partial charge in [-0.3, -0.25) is 0 Å². The van der Waals surface area contributed by atoms with E-state index in [2.05, 4.69) is 4.74 Å². The maximum absolute atomic E-state index is 11.3. The maximum Gasteiger partial charge on any atom is 0.113 e. The Morgan fingerprint density at radius 1 is 1.67 bits per heavy atom. The SMILES string of the molecule is NC(CO)COCCF. The van der Waals surface area contributed by atoms with E-state index in [9.17, 15) is 4.39 Å². The van der Waals surface area contributed by atoms with Crippen molar-refractivity contribution in [2.75, 3.05) is 26.5 Å². The highest BCUT2D eigenvalue weighted by Gasteiger charge is 1.97. The molecule has 0 saturated carbocycles. The van der Waals surface area contributed by atoms with Crippen LogP contribution in [0.3, 0.4) is 0 Å².